The highest BCUT2D eigenvalue weighted by Crippen LogP contribution is 2.39. The third-order valence-electron chi connectivity index (χ3n) is 4.83. The molecule has 1 saturated heterocycles. The smallest absolute Gasteiger partial charge is 0.303 e. The van der Waals surface area contributed by atoms with Crippen molar-refractivity contribution >= 4 is 35.6 Å². The minimum absolute atomic E-state index is 0.195. The second-order valence-corrected chi connectivity index (χ2v) is 8.87. The molecule has 0 aromatic carbocycles. The quantitative estimate of drug-likeness (QED) is 0.425. The summed E-state index contributed by atoms with van der Waals surface area (Å²) in [5, 5.41) is 0.291. The minimum Gasteiger partial charge on any atom is -0.463 e. The van der Waals surface area contributed by atoms with Crippen molar-refractivity contribution in [1.82, 2.24) is 0 Å². The first-order valence-corrected chi connectivity index (χ1v) is 11.1. The summed E-state index contributed by atoms with van der Waals surface area (Å²) in [7, 11) is 0. The lowest BCUT2D eigenvalue weighted by atomic mass is 9.99. The predicted octanol–water partition coefficient (Wildman–Crippen LogP) is 2.14. The molecule has 0 aromatic heterocycles. The Balaban J connectivity index is 2.34. The first kappa shape index (κ1) is 24.5. The Morgan fingerprint density at radius 1 is 0.767 bits per heavy atom. The van der Waals surface area contributed by atoms with Crippen molar-refractivity contribution in [2.24, 2.45) is 0 Å². The normalized spacial score (nSPS) is 29.5. The minimum atomic E-state index is -1.10. The van der Waals surface area contributed by atoms with Crippen molar-refractivity contribution in [3.8, 4) is 0 Å². The fourth-order valence-corrected chi connectivity index (χ4v) is 5.25. The number of hydrogen-bond acceptors (Lipinski definition) is 10. The number of carbonyl (C=O) groups excluding carboxylic acids is 4. The zero-order chi connectivity index (χ0) is 22.3. The maximum absolute atomic E-state index is 11.8. The second-order valence-electron chi connectivity index (χ2n) is 7.46. The highest BCUT2D eigenvalue weighted by atomic mass is 32.2. The van der Waals surface area contributed by atoms with Gasteiger partial charge in [0, 0.05) is 32.9 Å². The molecule has 0 unspecified atom stereocenters. The molecule has 30 heavy (non-hydrogen) atoms. The van der Waals surface area contributed by atoms with E-state index in [4.69, 9.17) is 23.7 Å². The highest BCUT2D eigenvalue weighted by molar-refractivity contribution is 8.00. The number of hydrogen-bond donors (Lipinski definition) is 0. The van der Waals surface area contributed by atoms with E-state index in [1.165, 1.54) is 45.9 Å². The molecule has 2 rings (SSSR count). The van der Waals surface area contributed by atoms with Crippen molar-refractivity contribution in [2.45, 2.75) is 94.9 Å². The van der Waals surface area contributed by atoms with Crippen molar-refractivity contribution in [1.29, 1.82) is 0 Å². The molecule has 1 aliphatic heterocycles. The summed E-state index contributed by atoms with van der Waals surface area (Å²) in [4.78, 5) is 46.7. The summed E-state index contributed by atoms with van der Waals surface area (Å²) >= 11 is 1.51. The number of rotatable bonds is 7. The Morgan fingerprint density at radius 3 is 1.83 bits per heavy atom. The lowest BCUT2D eigenvalue weighted by Crippen LogP contribution is -2.61. The van der Waals surface area contributed by atoms with E-state index in [0.717, 1.165) is 25.7 Å². The summed E-state index contributed by atoms with van der Waals surface area (Å²) in [5.74, 6) is -2.35. The molecule has 1 heterocycles. The SMILES string of the molecule is CC(=O)OC[C@H]1O[C@@H](SC2CCCCC2)[C@H](OC(C)=O)[C@@H](OC(C)=O)[C@@H]1OC(C)=O. The molecule has 0 N–H and O–H groups in total. The fraction of sp³-hybridized carbons (Fsp3) is 0.800. The van der Waals surface area contributed by atoms with Gasteiger partial charge in [0.25, 0.3) is 0 Å². The van der Waals surface area contributed by atoms with Gasteiger partial charge in [0.05, 0.1) is 0 Å². The van der Waals surface area contributed by atoms with Crippen LogP contribution in [0.5, 0.6) is 0 Å². The van der Waals surface area contributed by atoms with E-state index in [1.807, 2.05) is 0 Å². The molecule has 0 bridgehead atoms. The standard InChI is InChI=1S/C20H30O9S/c1-11(21)25-10-16-17(26-12(2)22)18(27-13(3)23)19(28-14(4)24)20(29-16)30-15-8-6-5-7-9-15/h15-20H,5-10H2,1-4H3/t16-,17-,18+,19-,20+/m1/s1. The molecule has 1 aliphatic carbocycles. The molecule has 10 heteroatoms. The summed E-state index contributed by atoms with van der Waals surface area (Å²) in [6.45, 7) is 4.73. The number of thioether (sulfide) groups is 1. The van der Waals surface area contributed by atoms with Gasteiger partial charge in [-0.1, -0.05) is 19.3 Å². The molecule has 0 spiro atoms. The van der Waals surface area contributed by atoms with Gasteiger partial charge in [-0.05, 0) is 12.8 Å². The van der Waals surface area contributed by atoms with Crippen LogP contribution in [-0.4, -0.2) is 65.6 Å². The largest absolute Gasteiger partial charge is 0.463 e. The fourth-order valence-electron chi connectivity index (χ4n) is 3.69. The Morgan fingerprint density at radius 2 is 1.30 bits per heavy atom. The van der Waals surface area contributed by atoms with Crippen LogP contribution in [0.2, 0.25) is 0 Å². The van der Waals surface area contributed by atoms with E-state index in [1.54, 1.807) is 0 Å². The predicted molar refractivity (Wildman–Crippen MR) is 106 cm³/mol. The van der Waals surface area contributed by atoms with Gasteiger partial charge < -0.3 is 23.7 Å². The van der Waals surface area contributed by atoms with Gasteiger partial charge >= 0.3 is 23.9 Å². The maximum Gasteiger partial charge on any atom is 0.303 e. The molecule has 0 amide bonds. The number of carbonyl (C=O) groups is 4. The van der Waals surface area contributed by atoms with E-state index >= 15 is 0 Å². The Labute approximate surface area is 180 Å². The Kier molecular flexibility index (Phi) is 9.41. The van der Waals surface area contributed by atoms with Crippen molar-refractivity contribution in [3.05, 3.63) is 0 Å². The molecule has 0 radical (unpaired) electrons. The van der Waals surface area contributed by atoms with Crippen LogP contribution in [0.25, 0.3) is 0 Å². The summed E-state index contributed by atoms with van der Waals surface area (Å²) < 4.78 is 27.5. The molecule has 5 atom stereocenters. The molecule has 0 aromatic rings. The van der Waals surface area contributed by atoms with Crippen molar-refractivity contribution in [2.75, 3.05) is 6.61 Å². The van der Waals surface area contributed by atoms with Crippen LogP contribution in [0.3, 0.4) is 0 Å². The van der Waals surface area contributed by atoms with E-state index in [2.05, 4.69) is 0 Å². The van der Waals surface area contributed by atoms with Gasteiger partial charge in [-0.15, -0.1) is 11.8 Å². The van der Waals surface area contributed by atoms with Crippen LogP contribution in [0.4, 0.5) is 0 Å². The molecule has 2 fully saturated rings. The van der Waals surface area contributed by atoms with Gasteiger partial charge in [0.2, 0.25) is 0 Å². The van der Waals surface area contributed by atoms with Gasteiger partial charge in [-0.2, -0.15) is 0 Å². The zero-order valence-corrected chi connectivity index (χ0v) is 18.6. The summed E-state index contributed by atoms with van der Waals surface area (Å²) in [6, 6.07) is 0. The monoisotopic (exact) mass is 446 g/mol. The van der Waals surface area contributed by atoms with Crippen LogP contribution in [-0.2, 0) is 42.9 Å². The van der Waals surface area contributed by atoms with Gasteiger partial charge in [0.1, 0.15) is 18.1 Å². The van der Waals surface area contributed by atoms with Crippen LogP contribution < -0.4 is 0 Å². The third-order valence-corrected chi connectivity index (χ3v) is 6.33. The second kappa shape index (κ2) is 11.5. The van der Waals surface area contributed by atoms with Crippen molar-refractivity contribution in [3.63, 3.8) is 0 Å². The van der Waals surface area contributed by atoms with E-state index in [9.17, 15) is 19.2 Å². The first-order chi connectivity index (χ1) is 14.2. The van der Waals surface area contributed by atoms with Crippen molar-refractivity contribution < 1.29 is 42.9 Å². The topological polar surface area (TPSA) is 114 Å². The number of esters is 4. The average molecular weight is 447 g/mol. The van der Waals surface area contributed by atoms with Crippen LogP contribution in [0.15, 0.2) is 0 Å². The number of ether oxygens (including phenoxy) is 5. The molecular formula is C20H30O9S. The summed E-state index contributed by atoms with van der Waals surface area (Å²) in [5.41, 5.74) is -0.672. The molecule has 170 valence electrons. The Hall–Kier alpha value is -1.81. The third kappa shape index (κ3) is 7.46. The van der Waals surface area contributed by atoms with Gasteiger partial charge in [-0.3, -0.25) is 19.2 Å². The molecule has 1 saturated carbocycles. The van der Waals surface area contributed by atoms with E-state index in [-0.39, 0.29) is 6.61 Å². The average Bonchev–Trinajstić information content (AvgIpc) is 2.64. The zero-order valence-electron chi connectivity index (χ0n) is 17.8. The van der Waals surface area contributed by atoms with Crippen LogP contribution in [0, 0.1) is 0 Å². The van der Waals surface area contributed by atoms with E-state index in [0.29, 0.717) is 5.25 Å². The molecule has 2 aliphatic rings. The lowest BCUT2D eigenvalue weighted by molar-refractivity contribution is -0.237. The first-order valence-electron chi connectivity index (χ1n) is 10.1. The highest BCUT2D eigenvalue weighted by Gasteiger charge is 2.52. The van der Waals surface area contributed by atoms with Gasteiger partial charge in [-0.25, -0.2) is 0 Å². The lowest BCUT2D eigenvalue weighted by Gasteiger charge is -2.45. The van der Waals surface area contributed by atoms with E-state index < -0.39 is 53.7 Å². The summed E-state index contributed by atoms with van der Waals surface area (Å²) in [6.07, 6.45) is 1.33. The van der Waals surface area contributed by atoms with Crippen LogP contribution >= 0.6 is 11.8 Å². The molecular weight excluding hydrogens is 416 g/mol. The Bertz CT molecular complexity index is 632. The van der Waals surface area contributed by atoms with Gasteiger partial charge in [0.15, 0.2) is 18.3 Å². The maximum atomic E-state index is 11.8. The molecule has 9 nitrogen and oxygen atoms in total. The van der Waals surface area contributed by atoms with Crippen LogP contribution in [0.1, 0.15) is 59.8 Å².